The fourth-order valence-electron chi connectivity index (χ4n) is 5.28. The number of aromatic amines is 1. The Morgan fingerprint density at radius 3 is 2.73 bits per heavy atom. The maximum atomic E-state index is 12.8. The van der Waals surface area contributed by atoms with Gasteiger partial charge in [0.05, 0.1) is 29.8 Å². The van der Waals surface area contributed by atoms with Gasteiger partial charge in [-0.15, -0.1) is 0 Å². The summed E-state index contributed by atoms with van der Waals surface area (Å²) >= 11 is 0. The van der Waals surface area contributed by atoms with E-state index in [1.807, 2.05) is 29.2 Å². The van der Waals surface area contributed by atoms with E-state index in [2.05, 4.69) is 14.9 Å². The summed E-state index contributed by atoms with van der Waals surface area (Å²) in [4.78, 5) is 25.3. The number of aryl methyl sites for hydroxylation is 1. The molecule has 1 amide bonds. The fraction of sp³-hybridized carbons (Fsp3) is 0.652. The average Bonchev–Trinajstić information content (AvgIpc) is 3.22. The number of imidazole rings is 1. The summed E-state index contributed by atoms with van der Waals surface area (Å²) in [5.74, 6) is 1.12. The zero-order valence-corrected chi connectivity index (χ0v) is 17.6. The van der Waals surface area contributed by atoms with Crippen LogP contribution < -0.4 is 0 Å². The molecule has 1 unspecified atom stereocenters. The van der Waals surface area contributed by atoms with Crippen molar-refractivity contribution in [2.24, 2.45) is 0 Å². The number of piperidine rings is 1. The molecule has 3 aliphatic heterocycles. The van der Waals surface area contributed by atoms with Crippen LogP contribution in [0.25, 0.3) is 11.0 Å². The smallest absolute Gasteiger partial charge is 0.223 e. The minimum absolute atomic E-state index is 0.0449. The molecule has 30 heavy (non-hydrogen) atoms. The predicted octanol–water partition coefficient (Wildman–Crippen LogP) is 2.37. The second kappa shape index (κ2) is 8.65. The van der Waals surface area contributed by atoms with Crippen molar-refractivity contribution in [2.75, 3.05) is 46.0 Å². The molecule has 1 aromatic heterocycles. The van der Waals surface area contributed by atoms with E-state index < -0.39 is 0 Å². The minimum atomic E-state index is -0.0449. The van der Waals surface area contributed by atoms with Gasteiger partial charge in [-0.3, -0.25) is 9.69 Å². The molecule has 1 atom stereocenters. The van der Waals surface area contributed by atoms with Gasteiger partial charge < -0.3 is 19.4 Å². The van der Waals surface area contributed by atoms with Gasteiger partial charge in [-0.05, 0) is 37.8 Å². The van der Waals surface area contributed by atoms with Crippen molar-refractivity contribution >= 4 is 16.9 Å². The average molecular weight is 413 g/mol. The number of carbonyl (C=O) groups is 1. The van der Waals surface area contributed by atoms with E-state index >= 15 is 0 Å². The first-order valence-electron chi connectivity index (χ1n) is 11.4. The molecule has 1 spiro atoms. The number of benzene rings is 1. The molecular formula is C23H32N4O3. The van der Waals surface area contributed by atoms with Gasteiger partial charge in [0.25, 0.3) is 0 Å². The number of hydrogen-bond acceptors (Lipinski definition) is 5. The van der Waals surface area contributed by atoms with Crippen LogP contribution in [-0.2, 0) is 20.7 Å². The lowest BCUT2D eigenvalue weighted by molar-refractivity contribution is -0.151. The van der Waals surface area contributed by atoms with E-state index in [9.17, 15) is 4.79 Å². The van der Waals surface area contributed by atoms with E-state index in [1.54, 1.807) is 0 Å². The Hall–Kier alpha value is -1.96. The second-order valence-electron chi connectivity index (χ2n) is 8.91. The van der Waals surface area contributed by atoms with Crippen molar-refractivity contribution in [1.29, 1.82) is 0 Å². The highest BCUT2D eigenvalue weighted by molar-refractivity contribution is 5.77. The number of morpholine rings is 1. The molecule has 7 heteroatoms. The molecule has 162 valence electrons. The Balaban J connectivity index is 1.12. The van der Waals surface area contributed by atoms with E-state index in [-0.39, 0.29) is 11.5 Å². The van der Waals surface area contributed by atoms with Crippen molar-refractivity contribution < 1.29 is 14.3 Å². The van der Waals surface area contributed by atoms with E-state index in [4.69, 9.17) is 9.47 Å². The summed E-state index contributed by atoms with van der Waals surface area (Å²) in [6, 6.07) is 8.59. The van der Waals surface area contributed by atoms with Crippen LogP contribution in [0.15, 0.2) is 24.3 Å². The van der Waals surface area contributed by atoms with Crippen molar-refractivity contribution in [1.82, 2.24) is 19.8 Å². The van der Waals surface area contributed by atoms with Crippen molar-refractivity contribution in [3.63, 3.8) is 0 Å². The number of fused-ring (bicyclic) bond motifs is 1. The Morgan fingerprint density at radius 1 is 1.13 bits per heavy atom. The topological polar surface area (TPSA) is 70.7 Å². The first kappa shape index (κ1) is 20.0. The van der Waals surface area contributed by atoms with Crippen LogP contribution >= 0.6 is 0 Å². The Morgan fingerprint density at radius 2 is 1.93 bits per heavy atom. The van der Waals surface area contributed by atoms with Gasteiger partial charge in [0.1, 0.15) is 5.82 Å². The number of likely N-dealkylation sites (tertiary alicyclic amines) is 1. The number of hydrogen-bond donors (Lipinski definition) is 1. The highest BCUT2D eigenvalue weighted by Gasteiger charge is 2.42. The molecule has 4 heterocycles. The standard InChI is InChI=1S/C23H32N4O3/c28-22(6-5-21-24-19-3-1-2-4-20(19)25-21)27-10-8-23(9-11-27)17-18(7-14-30-23)26-12-15-29-16-13-26/h1-4,18H,5-17H2,(H,24,25). The third-order valence-corrected chi connectivity index (χ3v) is 7.07. The Labute approximate surface area is 177 Å². The molecule has 5 rings (SSSR count). The summed E-state index contributed by atoms with van der Waals surface area (Å²) in [6.07, 6.45) is 5.26. The van der Waals surface area contributed by atoms with Crippen molar-refractivity contribution in [3.8, 4) is 0 Å². The second-order valence-corrected chi connectivity index (χ2v) is 8.91. The molecule has 3 aliphatic rings. The SMILES string of the molecule is O=C(CCc1nc2ccccc2[nH]1)N1CCC2(CC1)CC(N1CCOCC1)CCO2. The molecule has 0 radical (unpaired) electrons. The first-order valence-corrected chi connectivity index (χ1v) is 11.4. The van der Waals surface area contributed by atoms with Gasteiger partial charge in [0.15, 0.2) is 0 Å². The van der Waals surface area contributed by atoms with Gasteiger partial charge in [0, 0.05) is 51.7 Å². The molecule has 1 aromatic carbocycles. The zero-order valence-electron chi connectivity index (χ0n) is 17.6. The third-order valence-electron chi connectivity index (χ3n) is 7.07. The quantitative estimate of drug-likeness (QED) is 0.835. The van der Waals surface area contributed by atoms with Gasteiger partial charge in [-0.25, -0.2) is 4.98 Å². The summed E-state index contributed by atoms with van der Waals surface area (Å²) in [6.45, 7) is 6.20. The number of para-hydroxylation sites is 2. The number of nitrogens with one attached hydrogen (secondary N) is 1. The monoisotopic (exact) mass is 412 g/mol. The zero-order chi connectivity index (χ0) is 20.4. The summed E-state index contributed by atoms with van der Waals surface area (Å²) in [7, 11) is 0. The molecule has 0 aliphatic carbocycles. The van der Waals surface area contributed by atoms with Crippen LogP contribution in [0.3, 0.4) is 0 Å². The minimum Gasteiger partial charge on any atom is -0.379 e. The molecule has 0 bridgehead atoms. The summed E-state index contributed by atoms with van der Waals surface area (Å²) < 4.78 is 11.8. The lowest BCUT2D eigenvalue weighted by Crippen LogP contribution is -2.55. The van der Waals surface area contributed by atoms with Crippen LogP contribution in [0.2, 0.25) is 0 Å². The van der Waals surface area contributed by atoms with E-state index in [0.717, 1.165) is 88.5 Å². The summed E-state index contributed by atoms with van der Waals surface area (Å²) in [5.41, 5.74) is 1.95. The molecule has 7 nitrogen and oxygen atoms in total. The van der Waals surface area contributed by atoms with Gasteiger partial charge >= 0.3 is 0 Å². The van der Waals surface area contributed by atoms with Crippen molar-refractivity contribution in [3.05, 3.63) is 30.1 Å². The van der Waals surface area contributed by atoms with Gasteiger partial charge in [-0.2, -0.15) is 0 Å². The van der Waals surface area contributed by atoms with E-state index in [0.29, 0.717) is 18.9 Å². The number of amides is 1. The maximum absolute atomic E-state index is 12.8. The van der Waals surface area contributed by atoms with Gasteiger partial charge in [0.2, 0.25) is 5.91 Å². The van der Waals surface area contributed by atoms with E-state index in [1.165, 1.54) is 0 Å². The largest absolute Gasteiger partial charge is 0.379 e. The number of carbonyl (C=O) groups excluding carboxylic acids is 1. The number of rotatable bonds is 4. The number of nitrogens with zero attached hydrogens (tertiary/aromatic N) is 3. The fourth-order valence-corrected chi connectivity index (χ4v) is 5.28. The van der Waals surface area contributed by atoms with Crippen LogP contribution in [0.1, 0.15) is 37.9 Å². The highest BCUT2D eigenvalue weighted by Crippen LogP contribution is 2.37. The number of ether oxygens (including phenoxy) is 2. The molecule has 3 saturated heterocycles. The molecule has 1 N–H and O–H groups in total. The molecule has 3 fully saturated rings. The molecular weight excluding hydrogens is 380 g/mol. The van der Waals surface area contributed by atoms with Crippen LogP contribution in [0.4, 0.5) is 0 Å². The maximum Gasteiger partial charge on any atom is 0.223 e. The Bertz CT molecular complexity index is 835. The lowest BCUT2D eigenvalue weighted by atomic mass is 9.81. The van der Waals surface area contributed by atoms with Crippen LogP contribution in [0, 0.1) is 0 Å². The molecule has 2 aromatic rings. The molecule has 0 saturated carbocycles. The van der Waals surface area contributed by atoms with Gasteiger partial charge in [-0.1, -0.05) is 12.1 Å². The van der Waals surface area contributed by atoms with Crippen molar-refractivity contribution in [2.45, 2.75) is 50.2 Å². The number of aromatic nitrogens is 2. The highest BCUT2D eigenvalue weighted by atomic mass is 16.5. The first-order chi connectivity index (χ1) is 14.7. The lowest BCUT2D eigenvalue weighted by Gasteiger charge is -2.49. The predicted molar refractivity (Wildman–Crippen MR) is 114 cm³/mol. The van der Waals surface area contributed by atoms with Crippen LogP contribution in [-0.4, -0.2) is 83.3 Å². The normalized spacial score (nSPS) is 25.1. The number of H-pyrrole nitrogens is 1. The Kier molecular flexibility index (Phi) is 5.76. The summed E-state index contributed by atoms with van der Waals surface area (Å²) in [5, 5.41) is 0. The van der Waals surface area contributed by atoms with Crippen LogP contribution in [0.5, 0.6) is 0 Å². The third kappa shape index (κ3) is 4.24.